The van der Waals surface area contributed by atoms with Gasteiger partial charge in [-0.2, -0.15) is 0 Å². The van der Waals surface area contributed by atoms with Crippen LogP contribution in [0.15, 0.2) is 45.2 Å². The minimum absolute atomic E-state index is 0.0720. The molecule has 1 aromatic heterocycles. The average Bonchev–Trinajstić information content (AvgIpc) is 2.73. The maximum atomic E-state index is 11.1. The molecule has 2 aromatic rings. The second kappa shape index (κ2) is 5.38. The van der Waals surface area contributed by atoms with Crippen molar-refractivity contribution in [2.45, 2.75) is 6.92 Å². The van der Waals surface area contributed by atoms with Crippen molar-refractivity contribution in [1.82, 2.24) is 0 Å². The first-order chi connectivity index (χ1) is 8.15. The number of carbonyl (C=O) groups excluding carboxylic acids is 1. The van der Waals surface area contributed by atoms with Gasteiger partial charge in [-0.3, -0.25) is 9.79 Å². The molecule has 0 fully saturated rings. The number of hydrogen-bond donors (Lipinski definition) is 0. The molecule has 0 atom stereocenters. The number of nitrogens with zero attached hydrogens (tertiary/aromatic N) is 1. The molecule has 2 rings (SSSR count). The van der Waals surface area contributed by atoms with Gasteiger partial charge in [0.05, 0.1) is 9.47 Å². The summed E-state index contributed by atoms with van der Waals surface area (Å²) in [7, 11) is 0. The van der Waals surface area contributed by atoms with Crippen LogP contribution in [0.3, 0.4) is 0 Å². The van der Waals surface area contributed by atoms with E-state index in [9.17, 15) is 4.79 Å². The fourth-order valence-electron chi connectivity index (χ4n) is 1.32. The average molecular weight is 308 g/mol. The minimum atomic E-state index is 0.0720. The van der Waals surface area contributed by atoms with Gasteiger partial charge in [-0.1, -0.05) is 0 Å². The summed E-state index contributed by atoms with van der Waals surface area (Å²) >= 11 is 5.03. The molecule has 0 aliphatic rings. The number of thiophene rings is 1. The largest absolute Gasteiger partial charge is 0.295 e. The van der Waals surface area contributed by atoms with E-state index >= 15 is 0 Å². The second-order valence-electron chi connectivity index (χ2n) is 3.50. The Hall–Kier alpha value is -1.26. The SMILES string of the molecule is CC(=O)c1ccc(N=Cc2ccc(Br)s2)cc1. The van der Waals surface area contributed by atoms with Gasteiger partial charge in [0.1, 0.15) is 0 Å². The molecular formula is C13H10BrNOS. The second-order valence-corrected chi connectivity index (χ2v) is 6.00. The molecular weight excluding hydrogens is 298 g/mol. The van der Waals surface area contributed by atoms with Gasteiger partial charge in [-0.15, -0.1) is 11.3 Å². The molecule has 0 radical (unpaired) electrons. The number of benzene rings is 1. The molecule has 1 aromatic carbocycles. The number of carbonyl (C=O) groups is 1. The molecule has 0 aliphatic heterocycles. The standard InChI is InChI=1S/C13H10BrNOS/c1-9(16)10-2-4-11(5-3-10)15-8-12-6-7-13(14)17-12/h2-8H,1H3. The molecule has 17 heavy (non-hydrogen) atoms. The van der Waals surface area contributed by atoms with E-state index in [1.165, 1.54) is 0 Å². The Labute approximate surface area is 112 Å². The fraction of sp³-hybridized carbons (Fsp3) is 0.0769. The van der Waals surface area contributed by atoms with Crippen LogP contribution >= 0.6 is 27.3 Å². The third kappa shape index (κ3) is 3.35. The van der Waals surface area contributed by atoms with E-state index in [4.69, 9.17) is 0 Å². The number of halogens is 1. The zero-order valence-electron chi connectivity index (χ0n) is 9.18. The van der Waals surface area contributed by atoms with E-state index < -0.39 is 0 Å². The number of hydrogen-bond acceptors (Lipinski definition) is 3. The summed E-state index contributed by atoms with van der Waals surface area (Å²) in [4.78, 5) is 16.5. The highest BCUT2D eigenvalue weighted by atomic mass is 79.9. The lowest BCUT2D eigenvalue weighted by Gasteiger charge is -1.95. The Kier molecular flexibility index (Phi) is 3.86. The van der Waals surface area contributed by atoms with E-state index in [0.717, 1.165) is 14.4 Å². The smallest absolute Gasteiger partial charge is 0.159 e. The molecule has 2 nitrogen and oxygen atoms in total. The third-order valence-electron chi connectivity index (χ3n) is 2.21. The summed E-state index contributed by atoms with van der Waals surface area (Å²) in [6.45, 7) is 1.56. The van der Waals surface area contributed by atoms with Crippen LogP contribution in [0.1, 0.15) is 22.2 Å². The zero-order chi connectivity index (χ0) is 12.3. The minimum Gasteiger partial charge on any atom is -0.295 e. The van der Waals surface area contributed by atoms with Crippen LogP contribution in [0.5, 0.6) is 0 Å². The first-order valence-electron chi connectivity index (χ1n) is 5.05. The van der Waals surface area contributed by atoms with E-state index in [0.29, 0.717) is 5.56 Å². The summed E-state index contributed by atoms with van der Waals surface area (Å²) in [5.74, 6) is 0.0720. The van der Waals surface area contributed by atoms with Crippen molar-refractivity contribution in [3.63, 3.8) is 0 Å². The maximum Gasteiger partial charge on any atom is 0.159 e. The van der Waals surface area contributed by atoms with Crippen molar-refractivity contribution in [2.75, 3.05) is 0 Å². The highest BCUT2D eigenvalue weighted by Crippen LogP contribution is 2.21. The van der Waals surface area contributed by atoms with E-state index in [2.05, 4.69) is 20.9 Å². The Morgan fingerprint density at radius 1 is 1.24 bits per heavy atom. The van der Waals surface area contributed by atoms with Crippen LogP contribution in [0.25, 0.3) is 0 Å². The van der Waals surface area contributed by atoms with Gasteiger partial charge < -0.3 is 0 Å². The molecule has 0 saturated heterocycles. The molecule has 0 N–H and O–H groups in total. The van der Waals surface area contributed by atoms with Crippen LogP contribution in [0, 0.1) is 0 Å². The van der Waals surface area contributed by atoms with Crippen LogP contribution in [0.2, 0.25) is 0 Å². The first-order valence-corrected chi connectivity index (χ1v) is 6.66. The van der Waals surface area contributed by atoms with Crippen molar-refractivity contribution in [3.8, 4) is 0 Å². The van der Waals surface area contributed by atoms with E-state index in [1.807, 2.05) is 30.5 Å². The first kappa shape index (κ1) is 12.2. The van der Waals surface area contributed by atoms with Crippen molar-refractivity contribution < 1.29 is 4.79 Å². The van der Waals surface area contributed by atoms with Crippen LogP contribution < -0.4 is 0 Å². The van der Waals surface area contributed by atoms with Gasteiger partial charge in [0, 0.05) is 16.7 Å². The Morgan fingerprint density at radius 3 is 2.47 bits per heavy atom. The third-order valence-corrected chi connectivity index (χ3v) is 3.77. The summed E-state index contributed by atoms with van der Waals surface area (Å²) in [5, 5.41) is 0. The molecule has 0 bridgehead atoms. The summed E-state index contributed by atoms with van der Waals surface area (Å²) < 4.78 is 1.09. The molecule has 0 saturated carbocycles. The summed E-state index contributed by atoms with van der Waals surface area (Å²) in [6, 6.07) is 11.3. The number of rotatable bonds is 3. The van der Waals surface area contributed by atoms with E-state index in [-0.39, 0.29) is 5.78 Å². The van der Waals surface area contributed by atoms with Crippen molar-refractivity contribution >= 4 is 45.0 Å². The van der Waals surface area contributed by atoms with Crippen molar-refractivity contribution in [2.24, 2.45) is 4.99 Å². The normalized spacial score (nSPS) is 10.9. The zero-order valence-corrected chi connectivity index (χ0v) is 11.6. The monoisotopic (exact) mass is 307 g/mol. The number of Topliss-reactive ketones (excluding diaryl/α,β-unsaturated/α-hetero) is 1. The highest BCUT2D eigenvalue weighted by Gasteiger charge is 1.98. The van der Waals surface area contributed by atoms with Crippen molar-refractivity contribution in [3.05, 3.63) is 50.6 Å². The van der Waals surface area contributed by atoms with Gasteiger partial charge in [0.15, 0.2) is 5.78 Å². The molecule has 0 unspecified atom stereocenters. The van der Waals surface area contributed by atoms with Gasteiger partial charge >= 0.3 is 0 Å². The van der Waals surface area contributed by atoms with Crippen LogP contribution in [0.4, 0.5) is 5.69 Å². The molecule has 1 heterocycles. The fourth-order valence-corrected chi connectivity index (χ4v) is 2.61. The summed E-state index contributed by atoms with van der Waals surface area (Å²) in [6.07, 6.45) is 1.82. The lowest BCUT2D eigenvalue weighted by atomic mass is 10.1. The predicted molar refractivity (Wildman–Crippen MR) is 75.7 cm³/mol. The molecule has 0 aliphatic carbocycles. The Bertz CT molecular complexity index is 557. The Balaban J connectivity index is 2.13. The number of aliphatic imine (C=N–C) groups is 1. The van der Waals surface area contributed by atoms with Gasteiger partial charge in [0.2, 0.25) is 0 Å². The topological polar surface area (TPSA) is 29.4 Å². The molecule has 4 heteroatoms. The highest BCUT2D eigenvalue weighted by molar-refractivity contribution is 9.11. The van der Waals surface area contributed by atoms with Gasteiger partial charge in [0.25, 0.3) is 0 Å². The van der Waals surface area contributed by atoms with Crippen molar-refractivity contribution in [1.29, 1.82) is 0 Å². The summed E-state index contributed by atoms with van der Waals surface area (Å²) in [5.41, 5.74) is 1.56. The van der Waals surface area contributed by atoms with Crippen LogP contribution in [-0.4, -0.2) is 12.0 Å². The number of ketones is 1. The maximum absolute atomic E-state index is 11.1. The lowest BCUT2D eigenvalue weighted by molar-refractivity contribution is 0.101. The van der Waals surface area contributed by atoms with Gasteiger partial charge in [-0.25, -0.2) is 0 Å². The van der Waals surface area contributed by atoms with E-state index in [1.54, 1.807) is 30.4 Å². The quantitative estimate of drug-likeness (QED) is 0.608. The molecule has 86 valence electrons. The molecule has 0 amide bonds. The van der Waals surface area contributed by atoms with Gasteiger partial charge in [-0.05, 0) is 59.3 Å². The lowest BCUT2D eigenvalue weighted by Crippen LogP contribution is -1.89. The molecule has 0 spiro atoms. The van der Waals surface area contributed by atoms with Crippen LogP contribution in [-0.2, 0) is 0 Å². The Morgan fingerprint density at radius 2 is 1.94 bits per heavy atom. The predicted octanol–water partition coefficient (Wildman–Crippen LogP) is 4.46.